The minimum atomic E-state index is -3.63. The molecule has 4 nitrogen and oxygen atoms in total. The second-order valence-electron chi connectivity index (χ2n) is 4.10. The molecule has 0 amide bonds. The molecule has 2 rings (SSSR count). The number of hydrogen-bond donors (Lipinski definition) is 1. The first-order valence-corrected chi connectivity index (χ1v) is 8.88. The highest BCUT2D eigenvalue weighted by molar-refractivity contribution is 9.10. The van der Waals surface area contributed by atoms with Crippen molar-refractivity contribution >= 4 is 43.1 Å². The molecule has 0 aliphatic rings. The molecule has 0 fully saturated rings. The maximum atomic E-state index is 12.2. The number of benzene rings is 1. The number of carbonyl (C=O) groups excluding carboxylic acids is 1. The standard InChI is InChI=1S/C13H12BrNO3S2/c1-9(16)10-3-2-4-11(7-10)20(17,18)15-8-13-12(14)5-6-19-13/h2-7,15H,8H2,1H3. The normalized spacial score (nSPS) is 11.5. The van der Waals surface area contributed by atoms with Gasteiger partial charge in [-0.3, -0.25) is 4.79 Å². The van der Waals surface area contributed by atoms with Gasteiger partial charge in [-0.2, -0.15) is 0 Å². The van der Waals surface area contributed by atoms with Crippen molar-refractivity contribution in [1.82, 2.24) is 4.72 Å². The number of nitrogens with one attached hydrogen (secondary N) is 1. The first kappa shape index (κ1) is 15.4. The van der Waals surface area contributed by atoms with Crippen LogP contribution in [0, 0.1) is 0 Å². The van der Waals surface area contributed by atoms with Crippen molar-refractivity contribution in [2.45, 2.75) is 18.4 Å². The third kappa shape index (κ3) is 3.54. The number of sulfonamides is 1. The Labute approximate surface area is 130 Å². The Morgan fingerprint density at radius 3 is 2.70 bits per heavy atom. The van der Waals surface area contributed by atoms with E-state index in [0.29, 0.717) is 5.56 Å². The van der Waals surface area contributed by atoms with Crippen LogP contribution >= 0.6 is 27.3 Å². The number of ketones is 1. The largest absolute Gasteiger partial charge is 0.295 e. The van der Waals surface area contributed by atoms with Crippen LogP contribution in [-0.4, -0.2) is 14.2 Å². The summed E-state index contributed by atoms with van der Waals surface area (Å²) < 4.78 is 27.8. The average molecular weight is 374 g/mol. The smallest absolute Gasteiger partial charge is 0.240 e. The number of thiophene rings is 1. The predicted molar refractivity (Wildman–Crippen MR) is 82.5 cm³/mol. The van der Waals surface area contributed by atoms with Gasteiger partial charge in [-0.05, 0) is 46.4 Å². The molecule has 0 spiro atoms. The van der Waals surface area contributed by atoms with E-state index in [4.69, 9.17) is 0 Å². The second-order valence-corrected chi connectivity index (χ2v) is 7.72. The highest BCUT2D eigenvalue weighted by atomic mass is 79.9. The molecule has 7 heteroatoms. The fourth-order valence-electron chi connectivity index (χ4n) is 1.58. The van der Waals surface area contributed by atoms with Crippen molar-refractivity contribution in [2.24, 2.45) is 0 Å². The maximum Gasteiger partial charge on any atom is 0.240 e. The van der Waals surface area contributed by atoms with Crippen LogP contribution < -0.4 is 4.72 Å². The molecule has 106 valence electrons. The molecule has 0 aliphatic carbocycles. The van der Waals surface area contributed by atoms with Crippen molar-refractivity contribution in [3.8, 4) is 0 Å². The van der Waals surface area contributed by atoms with E-state index in [2.05, 4.69) is 20.7 Å². The number of rotatable bonds is 5. The molecule has 1 heterocycles. The summed E-state index contributed by atoms with van der Waals surface area (Å²) in [5.41, 5.74) is 0.380. The Bertz CT molecular complexity index is 738. The zero-order valence-electron chi connectivity index (χ0n) is 10.6. The van der Waals surface area contributed by atoms with Crippen LogP contribution in [0.2, 0.25) is 0 Å². The van der Waals surface area contributed by atoms with Gasteiger partial charge in [0.05, 0.1) is 4.90 Å². The average Bonchev–Trinajstić information content (AvgIpc) is 2.82. The molecule has 0 aliphatic heterocycles. The summed E-state index contributed by atoms with van der Waals surface area (Å²) in [5.74, 6) is -0.164. The molecule has 20 heavy (non-hydrogen) atoms. The summed E-state index contributed by atoms with van der Waals surface area (Å²) >= 11 is 4.82. The number of hydrogen-bond acceptors (Lipinski definition) is 4. The second kappa shape index (κ2) is 6.17. The van der Waals surface area contributed by atoms with Crippen LogP contribution in [0.25, 0.3) is 0 Å². The number of Topliss-reactive ketones (excluding diaryl/α,β-unsaturated/α-hetero) is 1. The summed E-state index contributed by atoms with van der Waals surface area (Å²) in [6.07, 6.45) is 0. The van der Waals surface area contributed by atoms with E-state index in [1.165, 1.54) is 30.4 Å². The van der Waals surface area contributed by atoms with Gasteiger partial charge in [0.1, 0.15) is 0 Å². The molecule has 2 aromatic rings. The van der Waals surface area contributed by atoms with E-state index in [1.807, 2.05) is 11.4 Å². The fourth-order valence-corrected chi connectivity index (χ4v) is 4.14. The monoisotopic (exact) mass is 373 g/mol. The molecular weight excluding hydrogens is 362 g/mol. The Kier molecular flexibility index (Phi) is 4.74. The maximum absolute atomic E-state index is 12.2. The van der Waals surface area contributed by atoms with Gasteiger partial charge in [-0.15, -0.1) is 11.3 Å². The number of halogens is 1. The topological polar surface area (TPSA) is 63.2 Å². The number of carbonyl (C=O) groups is 1. The Balaban J connectivity index is 2.20. The molecule has 0 atom stereocenters. The Hall–Kier alpha value is -1.02. The van der Waals surface area contributed by atoms with Crippen LogP contribution in [0.3, 0.4) is 0 Å². The zero-order chi connectivity index (χ0) is 14.8. The van der Waals surface area contributed by atoms with Crippen molar-refractivity contribution in [1.29, 1.82) is 0 Å². The van der Waals surface area contributed by atoms with E-state index in [9.17, 15) is 13.2 Å². The van der Waals surface area contributed by atoms with Crippen LogP contribution in [0.15, 0.2) is 45.1 Å². The minimum Gasteiger partial charge on any atom is -0.295 e. The highest BCUT2D eigenvalue weighted by Gasteiger charge is 2.16. The van der Waals surface area contributed by atoms with E-state index < -0.39 is 10.0 Å². The third-order valence-corrected chi connectivity index (χ3v) is 5.99. The van der Waals surface area contributed by atoms with Crippen LogP contribution in [0.5, 0.6) is 0 Å². The predicted octanol–water partition coefficient (Wildman–Crippen LogP) is 3.19. The van der Waals surface area contributed by atoms with Gasteiger partial charge in [0.25, 0.3) is 0 Å². The molecule has 1 aromatic heterocycles. The lowest BCUT2D eigenvalue weighted by Gasteiger charge is -2.07. The van der Waals surface area contributed by atoms with Gasteiger partial charge in [-0.25, -0.2) is 13.1 Å². The van der Waals surface area contributed by atoms with Gasteiger partial charge in [0, 0.05) is 21.5 Å². The zero-order valence-corrected chi connectivity index (χ0v) is 13.8. The summed E-state index contributed by atoms with van der Waals surface area (Å²) in [7, 11) is -3.63. The van der Waals surface area contributed by atoms with Crippen molar-refractivity contribution in [2.75, 3.05) is 0 Å². The van der Waals surface area contributed by atoms with Crippen LogP contribution in [0.1, 0.15) is 22.2 Å². The Morgan fingerprint density at radius 2 is 2.10 bits per heavy atom. The minimum absolute atomic E-state index is 0.0953. The van der Waals surface area contributed by atoms with E-state index in [1.54, 1.807) is 12.1 Å². The van der Waals surface area contributed by atoms with Gasteiger partial charge in [0.2, 0.25) is 10.0 Å². The molecular formula is C13H12BrNO3S2. The molecule has 0 bridgehead atoms. The van der Waals surface area contributed by atoms with Crippen molar-refractivity contribution < 1.29 is 13.2 Å². The molecule has 1 aromatic carbocycles. The first-order valence-electron chi connectivity index (χ1n) is 5.72. The fraction of sp³-hybridized carbons (Fsp3) is 0.154. The lowest BCUT2D eigenvalue weighted by Crippen LogP contribution is -2.23. The van der Waals surface area contributed by atoms with E-state index >= 15 is 0 Å². The van der Waals surface area contributed by atoms with Gasteiger partial charge >= 0.3 is 0 Å². The highest BCUT2D eigenvalue weighted by Crippen LogP contribution is 2.23. The quantitative estimate of drug-likeness (QED) is 0.818. The van der Waals surface area contributed by atoms with Crippen LogP contribution in [-0.2, 0) is 16.6 Å². The van der Waals surface area contributed by atoms with Gasteiger partial charge in [0.15, 0.2) is 5.78 Å². The first-order chi connectivity index (χ1) is 9.40. The summed E-state index contributed by atoms with van der Waals surface area (Å²) in [4.78, 5) is 12.3. The molecule has 0 saturated carbocycles. The summed E-state index contributed by atoms with van der Waals surface area (Å²) in [5, 5.41) is 1.88. The van der Waals surface area contributed by atoms with Crippen LogP contribution in [0.4, 0.5) is 0 Å². The Morgan fingerprint density at radius 1 is 1.35 bits per heavy atom. The molecule has 0 radical (unpaired) electrons. The van der Waals surface area contributed by atoms with E-state index in [-0.39, 0.29) is 17.2 Å². The third-order valence-electron chi connectivity index (χ3n) is 2.66. The lowest BCUT2D eigenvalue weighted by molar-refractivity contribution is 0.101. The van der Waals surface area contributed by atoms with Gasteiger partial charge < -0.3 is 0 Å². The molecule has 1 N–H and O–H groups in total. The van der Waals surface area contributed by atoms with Gasteiger partial charge in [-0.1, -0.05) is 12.1 Å². The van der Waals surface area contributed by atoms with Crippen molar-refractivity contribution in [3.63, 3.8) is 0 Å². The molecule has 0 saturated heterocycles. The lowest BCUT2D eigenvalue weighted by atomic mass is 10.2. The summed E-state index contributed by atoms with van der Waals surface area (Å²) in [6, 6.07) is 7.88. The molecule has 0 unspecified atom stereocenters. The van der Waals surface area contributed by atoms with Crippen molar-refractivity contribution in [3.05, 3.63) is 50.6 Å². The SMILES string of the molecule is CC(=O)c1cccc(S(=O)(=O)NCc2sccc2Br)c1. The van der Waals surface area contributed by atoms with E-state index in [0.717, 1.165) is 9.35 Å². The summed E-state index contributed by atoms with van der Waals surface area (Å²) in [6.45, 7) is 1.62.